The first kappa shape index (κ1) is 23.0. The normalized spacial score (nSPS) is 19.3. The number of aromatic nitrogens is 2. The Kier molecular flexibility index (Phi) is 5.97. The number of hydrogen-bond acceptors (Lipinski definition) is 4. The highest BCUT2D eigenvalue weighted by molar-refractivity contribution is 5.65. The van der Waals surface area contributed by atoms with Crippen LogP contribution in [0.25, 0.3) is 21.9 Å². The summed E-state index contributed by atoms with van der Waals surface area (Å²) in [4.78, 5) is 22.8. The van der Waals surface area contributed by atoms with Gasteiger partial charge in [0, 0.05) is 24.7 Å². The lowest BCUT2D eigenvalue weighted by Gasteiger charge is -2.36. The second kappa shape index (κ2) is 9.10. The highest BCUT2D eigenvalue weighted by atomic mass is 19.1. The molecule has 2 unspecified atom stereocenters. The zero-order valence-corrected chi connectivity index (χ0v) is 19.1. The number of fused-ring (bicyclic) bond motifs is 1. The van der Waals surface area contributed by atoms with Crippen LogP contribution in [0.4, 0.5) is 24.7 Å². The number of nitrogens with zero attached hydrogens (tertiary/aromatic N) is 4. The minimum absolute atomic E-state index is 0.0189. The third-order valence-corrected chi connectivity index (χ3v) is 7.07. The Morgan fingerprint density at radius 1 is 1.06 bits per heavy atom. The van der Waals surface area contributed by atoms with Crippen LogP contribution < -0.4 is 15.2 Å². The zero-order valence-electron chi connectivity index (χ0n) is 19.1. The van der Waals surface area contributed by atoms with Crippen LogP contribution in [0.15, 0.2) is 41.2 Å². The maximum atomic E-state index is 15.5. The van der Waals surface area contributed by atoms with Crippen molar-refractivity contribution in [1.82, 2.24) is 9.55 Å². The van der Waals surface area contributed by atoms with Crippen molar-refractivity contribution in [3.05, 3.63) is 75.6 Å². The van der Waals surface area contributed by atoms with Crippen LogP contribution in [-0.2, 0) is 0 Å². The van der Waals surface area contributed by atoms with Crippen LogP contribution in [0.1, 0.15) is 25.7 Å². The molecule has 0 radical (unpaired) electrons. The van der Waals surface area contributed by atoms with Gasteiger partial charge in [0.05, 0.1) is 19.4 Å². The molecular weight excluding hydrogens is 457 g/mol. The van der Waals surface area contributed by atoms with Crippen LogP contribution in [-0.4, -0.2) is 29.8 Å². The van der Waals surface area contributed by atoms with E-state index in [-0.39, 0.29) is 34.3 Å². The Balaban J connectivity index is 1.70. The van der Waals surface area contributed by atoms with E-state index in [4.69, 9.17) is 11.3 Å². The molecule has 0 N–H and O–H groups in total. The molecule has 180 valence electrons. The molecule has 35 heavy (non-hydrogen) atoms. The van der Waals surface area contributed by atoms with Crippen molar-refractivity contribution >= 4 is 11.5 Å². The van der Waals surface area contributed by atoms with Gasteiger partial charge in [0.1, 0.15) is 11.6 Å². The summed E-state index contributed by atoms with van der Waals surface area (Å²) >= 11 is 0. The Labute approximate surface area is 200 Å². The Hall–Kier alpha value is -3.80. The summed E-state index contributed by atoms with van der Waals surface area (Å²) in [6, 6.07) is 7.56. The largest absolute Gasteiger partial charge is 0.494 e. The van der Waals surface area contributed by atoms with Crippen molar-refractivity contribution in [2.45, 2.75) is 25.7 Å². The molecule has 0 amide bonds. The first-order chi connectivity index (χ1) is 16.9. The molecule has 3 aromatic rings. The monoisotopic (exact) mass is 480 g/mol. The summed E-state index contributed by atoms with van der Waals surface area (Å²) in [5.74, 6) is -1.73. The summed E-state index contributed by atoms with van der Waals surface area (Å²) in [7, 11) is 1.31. The van der Waals surface area contributed by atoms with E-state index in [1.165, 1.54) is 31.4 Å². The molecule has 2 atom stereocenters. The maximum Gasteiger partial charge on any atom is 0.296 e. The van der Waals surface area contributed by atoms with E-state index in [0.717, 1.165) is 42.4 Å². The van der Waals surface area contributed by atoms with Gasteiger partial charge < -0.3 is 9.64 Å². The number of methoxy groups -OCH3 is 1. The van der Waals surface area contributed by atoms with Crippen LogP contribution in [0, 0.1) is 35.9 Å². The molecule has 0 spiro atoms. The van der Waals surface area contributed by atoms with Gasteiger partial charge >= 0.3 is 0 Å². The zero-order chi connectivity index (χ0) is 24.7. The third kappa shape index (κ3) is 4.03. The molecule has 6 nitrogen and oxygen atoms in total. The second-order valence-electron chi connectivity index (χ2n) is 9.00. The predicted molar refractivity (Wildman–Crippen MR) is 126 cm³/mol. The number of hydrogen-bond donors (Lipinski definition) is 0. The van der Waals surface area contributed by atoms with Crippen LogP contribution >= 0.6 is 0 Å². The summed E-state index contributed by atoms with van der Waals surface area (Å²) < 4.78 is 50.4. The van der Waals surface area contributed by atoms with Gasteiger partial charge in [0.15, 0.2) is 17.4 Å². The van der Waals surface area contributed by atoms with Gasteiger partial charge in [-0.1, -0.05) is 25.0 Å². The number of ether oxygens (including phenoxy) is 1. The van der Waals surface area contributed by atoms with E-state index in [1.807, 2.05) is 0 Å². The lowest BCUT2D eigenvalue weighted by Crippen LogP contribution is -2.41. The molecule has 1 saturated heterocycles. The van der Waals surface area contributed by atoms with Crippen LogP contribution in [0.5, 0.6) is 5.75 Å². The summed E-state index contributed by atoms with van der Waals surface area (Å²) in [5.41, 5.74) is -1.02. The standard InChI is InChI=1S/C26H23F3N4O2/c1-30-21-8-6-16(12-19(21)27)24-31-25(32-11-10-15-4-3-5-17(15)14-32)23(29)26(34)33(24)18-7-9-22(35-2)20(28)13-18/h6-9,12-13,15,17H,3-5,10-11,14H2,2H3. The Bertz CT molecular complexity index is 1400. The van der Waals surface area contributed by atoms with Gasteiger partial charge in [0.25, 0.3) is 5.56 Å². The topological polar surface area (TPSA) is 51.7 Å². The van der Waals surface area contributed by atoms with Crippen molar-refractivity contribution in [3.8, 4) is 22.8 Å². The SMILES string of the molecule is [C-]#[N+]c1ccc(-c2nc(N3CCC4CCCC4C3)c(F)c(=O)n2-c2ccc(OC)c(F)c2)cc1F. The molecule has 2 aromatic carbocycles. The lowest BCUT2D eigenvalue weighted by atomic mass is 9.89. The summed E-state index contributed by atoms with van der Waals surface area (Å²) in [6.45, 7) is 8.25. The van der Waals surface area contributed by atoms with E-state index in [0.29, 0.717) is 24.9 Å². The fourth-order valence-electron chi connectivity index (χ4n) is 5.29. The molecule has 1 aromatic heterocycles. The van der Waals surface area contributed by atoms with Gasteiger partial charge in [-0.25, -0.2) is 18.6 Å². The molecule has 2 fully saturated rings. The molecule has 2 heterocycles. The van der Waals surface area contributed by atoms with Gasteiger partial charge in [0.2, 0.25) is 11.5 Å². The third-order valence-electron chi connectivity index (χ3n) is 7.07. The van der Waals surface area contributed by atoms with Crippen LogP contribution in [0.2, 0.25) is 0 Å². The van der Waals surface area contributed by atoms with E-state index in [9.17, 15) is 13.6 Å². The fourth-order valence-corrected chi connectivity index (χ4v) is 5.29. The fraction of sp³-hybridized carbons (Fsp3) is 0.346. The van der Waals surface area contributed by atoms with Gasteiger partial charge in [-0.2, -0.15) is 4.39 Å². The highest BCUT2D eigenvalue weighted by Gasteiger charge is 2.35. The summed E-state index contributed by atoms with van der Waals surface area (Å²) in [5, 5.41) is 0. The smallest absolute Gasteiger partial charge is 0.296 e. The van der Waals surface area contributed by atoms with Gasteiger partial charge in [-0.15, -0.1) is 0 Å². The van der Waals surface area contributed by atoms with Crippen molar-refractivity contribution in [3.63, 3.8) is 0 Å². The quantitative estimate of drug-likeness (QED) is 0.463. The van der Waals surface area contributed by atoms with E-state index in [1.54, 1.807) is 4.90 Å². The lowest BCUT2D eigenvalue weighted by molar-refractivity contribution is 0.320. The molecule has 1 saturated carbocycles. The van der Waals surface area contributed by atoms with Crippen molar-refractivity contribution in [2.75, 3.05) is 25.1 Å². The minimum atomic E-state index is -1.04. The van der Waals surface area contributed by atoms with Crippen LogP contribution in [0.3, 0.4) is 0 Å². The number of piperidine rings is 1. The highest BCUT2D eigenvalue weighted by Crippen LogP contribution is 2.39. The van der Waals surface area contributed by atoms with E-state index < -0.39 is 23.0 Å². The molecule has 5 rings (SSSR count). The van der Waals surface area contributed by atoms with Crippen molar-refractivity contribution in [2.24, 2.45) is 11.8 Å². The molecule has 1 aliphatic carbocycles. The second-order valence-corrected chi connectivity index (χ2v) is 9.00. The average molecular weight is 480 g/mol. The average Bonchev–Trinajstić information content (AvgIpc) is 3.33. The number of benzene rings is 2. The number of anilines is 1. The van der Waals surface area contributed by atoms with E-state index in [2.05, 4.69) is 9.83 Å². The minimum Gasteiger partial charge on any atom is -0.494 e. The molecule has 2 aliphatic rings. The van der Waals surface area contributed by atoms with Crippen molar-refractivity contribution < 1.29 is 17.9 Å². The Morgan fingerprint density at radius 3 is 2.57 bits per heavy atom. The molecule has 9 heteroatoms. The predicted octanol–water partition coefficient (Wildman–Crippen LogP) is 5.50. The van der Waals surface area contributed by atoms with Gasteiger partial charge in [-0.05, 0) is 42.9 Å². The molecule has 0 bridgehead atoms. The maximum absolute atomic E-state index is 15.5. The first-order valence-corrected chi connectivity index (χ1v) is 11.5. The molecule has 1 aliphatic heterocycles. The Morgan fingerprint density at radius 2 is 1.86 bits per heavy atom. The first-order valence-electron chi connectivity index (χ1n) is 11.5. The van der Waals surface area contributed by atoms with Gasteiger partial charge in [-0.3, -0.25) is 9.36 Å². The number of halogens is 3. The summed E-state index contributed by atoms with van der Waals surface area (Å²) in [6.07, 6.45) is 4.25. The number of rotatable bonds is 4. The van der Waals surface area contributed by atoms with E-state index >= 15 is 4.39 Å². The molecular formula is C26H23F3N4O2. The van der Waals surface area contributed by atoms with Crippen molar-refractivity contribution in [1.29, 1.82) is 0 Å².